The number of nitrogen functional groups attached to an aromatic ring is 1. The SMILES string of the molecule is CNC(=O)CCNc1cc(Cl)c(Cl)cc1N. The number of hydrogen-bond donors (Lipinski definition) is 3. The third-order valence-electron chi connectivity index (χ3n) is 2.04. The van der Waals surface area contributed by atoms with Crippen LogP contribution in [0.1, 0.15) is 6.42 Å². The van der Waals surface area contributed by atoms with Gasteiger partial charge in [-0.05, 0) is 12.1 Å². The average molecular weight is 262 g/mol. The first-order chi connectivity index (χ1) is 7.54. The Labute approximate surface area is 104 Å². The number of amides is 1. The number of benzene rings is 1. The second kappa shape index (κ2) is 5.82. The van der Waals surface area contributed by atoms with E-state index in [2.05, 4.69) is 10.6 Å². The van der Waals surface area contributed by atoms with Crippen LogP contribution >= 0.6 is 23.2 Å². The number of halogens is 2. The topological polar surface area (TPSA) is 67.2 Å². The van der Waals surface area contributed by atoms with Crippen LogP contribution < -0.4 is 16.4 Å². The zero-order valence-electron chi connectivity index (χ0n) is 8.81. The van der Waals surface area contributed by atoms with Gasteiger partial charge in [0, 0.05) is 20.0 Å². The lowest BCUT2D eigenvalue weighted by atomic mass is 10.2. The van der Waals surface area contributed by atoms with Crippen molar-refractivity contribution in [2.75, 3.05) is 24.6 Å². The molecule has 0 aliphatic heterocycles. The lowest BCUT2D eigenvalue weighted by molar-refractivity contribution is -0.120. The van der Waals surface area contributed by atoms with Crippen LogP contribution in [0.25, 0.3) is 0 Å². The normalized spacial score (nSPS) is 9.94. The Kier molecular flexibility index (Phi) is 4.71. The molecular weight excluding hydrogens is 249 g/mol. The maximum atomic E-state index is 11.0. The van der Waals surface area contributed by atoms with Crippen LogP contribution in [0.4, 0.5) is 11.4 Å². The summed E-state index contributed by atoms with van der Waals surface area (Å²) in [6.07, 6.45) is 0.371. The van der Waals surface area contributed by atoms with Crippen LogP contribution in [-0.2, 0) is 4.79 Å². The van der Waals surface area contributed by atoms with Crippen molar-refractivity contribution < 1.29 is 4.79 Å². The highest BCUT2D eigenvalue weighted by Crippen LogP contribution is 2.30. The molecule has 0 heterocycles. The minimum absolute atomic E-state index is 0.0360. The molecule has 0 unspecified atom stereocenters. The van der Waals surface area contributed by atoms with E-state index in [1.165, 1.54) is 0 Å². The molecule has 0 aliphatic carbocycles. The second-order valence-electron chi connectivity index (χ2n) is 3.20. The molecule has 16 heavy (non-hydrogen) atoms. The maximum absolute atomic E-state index is 11.0. The molecule has 4 N–H and O–H groups in total. The zero-order chi connectivity index (χ0) is 12.1. The first kappa shape index (κ1) is 12.9. The lowest BCUT2D eigenvalue weighted by Gasteiger charge is -2.10. The average Bonchev–Trinajstić information content (AvgIpc) is 2.25. The number of rotatable bonds is 4. The highest BCUT2D eigenvalue weighted by Gasteiger charge is 2.05. The van der Waals surface area contributed by atoms with Crippen molar-refractivity contribution in [3.8, 4) is 0 Å². The summed E-state index contributed by atoms with van der Waals surface area (Å²) in [6.45, 7) is 0.488. The molecule has 0 fully saturated rings. The van der Waals surface area contributed by atoms with Gasteiger partial charge in [0.05, 0.1) is 21.4 Å². The van der Waals surface area contributed by atoms with Gasteiger partial charge in [-0.1, -0.05) is 23.2 Å². The Morgan fingerprint density at radius 2 is 2.00 bits per heavy atom. The van der Waals surface area contributed by atoms with Gasteiger partial charge >= 0.3 is 0 Å². The molecule has 0 atom stereocenters. The fraction of sp³-hybridized carbons (Fsp3) is 0.300. The number of anilines is 2. The molecule has 0 saturated carbocycles. The van der Waals surface area contributed by atoms with E-state index in [1.807, 2.05) is 0 Å². The van der Waals surface area contributed by atoms with E-state index in [0.717, 1.165) is 0 Å². The monoisotopic (exact) mass is 261 g/mol. The summed E-state index contributed by atoms with van der Waals surface area (Å²) in [5.41, 5.74) is 6.92. The Hall–Kier alpha value is -1.13. The van der Waals surface area contributed by atoms with Crippen molar-refractivity contribution in [3.05, 3.63) is 22.2 Å². The molecule has 1 amide bonds. The van der Waals surface area contributed by atoms with E-state index < -0.39 is 0 Å². The molecule has 88 valence electrons. The molecule has 0 aliphatic rings. The molecule has 0 radical (unpaired) electrons. The Bertz CT molecular complexity index is 396. The highest BCUT2D eigenvalue weighted by molar-refractivity contribution is 6.42. The van der Waals surface area contributed by atoms with Crippen LogP contribution in [0.15, 0.2) is 12.1 Å². The van der Waals surface area contributed by atoms with Crippen LogP contribution in [0.5, 0.6) is 0 Å². The zero-order valence-corrected chi connectivity index (χ0v) is 10.3. The van der Waals surface area contributed by atoms with E-state index in [4.69, 9.17) is 28.9 Å². The van der Waals surface area contributed by atoms with Crippen molar-refractivity contribution in [2.45, 2.75) is 6.42 Å². The van der Waals surface area contributed by atoms with Crippen molar-refractivity contribution >= 4 is 40.5 Å². The molecule has 0 aromatic heterocycles. The van der Waals surface area contributed by atoms with Gasteiger partial charge in [0.1, 0.15) is 0 Å². The van der Waals surface area contributed by atoms with E-state index in [-0.39, 0.29) is 5.91 Å². The fourth-order valence-corrected chi connectivity index (χ4v) is 1.49. The molecule has 4 nitrogen and oxygen atoms in total. The Balaban J connectivity index is 2.60. The van der Waals surface area contributed by atoms with Gasteiger partial charge < -0.3 is 16.4 Å². The first-order valence-electron chi connectivity index (χ1n) is 4.73. The first-order valence-corrected chi connectivity index (χ1v) is 5.49. The maximum Gasteiger partial charge on any atom is 0.221 e. The Morgan fingerprint density at radius 3 is 2.62 bits per heavy atom. The predicted octanol–water partition coefficient (Wildman–Crippen LogP) is 2.12. The molecule has 0 bridgehead atoms. The standard InChI is InChI=1S/C10H13Cl2N3O/c1-14-10(16)2-3-15-9-5-7(12)6(11)4-8(9)13/h4-5,15H,2-3,13H2,1H3,(H,14,16). The van der Waals surface area contributed by atoms with Gasteiger partial charge in [-0.3, -0.25) is 4.79 Å². The quantitative estimate of drug-likeness (QED) is 0.728. The van der Waals surface area contributed by atoms with Gasteiger partial charge in [0.25, 0.3) is 0 Å². The molecule has 1 rings (SSSR count). The predicted molar refractivity (Wildman–Crippen MR) is 68.0 cm³/mol. The van der Waals surface area contributed by atoms with Gasteiger partial charge in [-0.2, -0.15) is 0 Å². The van der Waals surface area contributed by atoms with Gasteiger partial charge in [-0.25, -0.2) is 0 Å². The summed E-state index contributed by atoms with van der Waals surface area (Å²) >= 11 is 11.6. The summed E-state index contributed by atoms with van der Waals surface area (Å²) in [5, 5.41) is 6.39. The van der Waals surface area contributed by atoms with Crippen molar-refractivity contribution in [1.82, 2.24) is 5.32 Å². The van der Waals surface area contributed by atoms with Gasteiger partial charge in [0.2, 0.25) is 5.91 Å². The summed E-state index contributed by atoms with van der Waals surface area (Å²) in [7, 11) is 1.59. The number of carbonyl (C=O) groups is 1. The number of nitrogens with two attached hydrogens (primary N) is 1. The molecule has 0 saturated heterocycles. The van der Waals surface area contributed by atoms with Crippen LogP contribution in [0, 0.1) is 0 Å². The minimum Gasteiger partial charge on any atom is -0.397 e. The van der Waals surface area contributed by atoms with E-state index in [1.54, 1.807) is 19.2 Å². The summed E-state index contributed by atoms with van der Waals surface area (Å²) in [6, 6.07) is 3.22. The fourth-order valence-electron chi connectivity index (χ4n) is 1.15. The summed E-state index contributed by atoms with van der Waals surface area (Å²) in [4.78, 5) is 11.0. The Morgan fingerprint density at radius 1 is 1.38 bits per heavy atom. The van der Waals surface area contributed by atoms with E-state index in [9.17, 15) is 4.79 Å². The lowest BCUT2D eigenvalue weighted by Crippen LogP contribution is -2.21. The number of nitrogens with one attached hydrogen (secondary N) is 2. The van der Waals surface area contributed by atoms with Crippen molar-refractivity contribution in [1.29, 1.82) is 0 Å². The van der Waals surface area contributed by atoms with Crippen LogP contribution in [0.2, 0.25) is 10.0 Å². The number of carbonyl (C=O) groups excluding carboxylic acids is 1. The smallest absolute Gasteiger partial charge is 0.221 e. The molecular formula is C10H13Cl2N3O. The molecule has 1 aromatic carbocycles. The molecule has 1 aromatic rings. The van der Waals surface area contributed by atoms with Crippen LogP contribution in [0.3, 0.4) is 0 Å². The van der Waals surface area contributed by atoms with E-state index in [0.29, 0.717) is 34.4 Å². The third kappa shape index (κ3) is 3.47. The van der Waals surface area contributed by atoms with Crippen molar-refractivity contribution in [2.24, 2.45) is 0 Å². The molecule has 0 spiro atoms. The van der Waals surface area contributed by atoms with Gasteiger partial charge in [0.15, 0.2) is 0 Å². The molecule has 6 heteroatoms. The highest BCUT2D eigenvalue weighted by atomic mass is 35.5. The van der Waals surface area contributed by atoms with Crippen molar-refractivity contribution in [3.63, 3.8) is 0 Å². The third-order valence-corrected chi connectivity index (χ3v) is 2.76. The minimum atomic E-state index is -0.0360. The van der Waals surface area contributed by atoms with E-state index >= 15 is 0 Å². The number of hydrogen-bond acceptors (Lipinski definition) is 3. The van der Waals surface area contributed by atoms with Crippen LogP contribution in [-0.4, -0.2) is 19.5 Å². The van der Waals surface area contributed by atoms with Gasteiger partial charge in [-0.15, -0.1) is 0 Å². The summed E-state index contributed by atoms with van der Waals surface area (Å²) in [5.74, 6) is -0.0360. The second-order valence-corrected chi connectivity index (χ2v) is 4.02. The summed E-state index contributed by atoms with van der Waals surface area (Å²) < 4.78 is 0. The largest absolute Gasteiger partial charge is 0.397 e.